The van der Waals surface area contributed by atoms with Gasteiger partial charge in [-0.2, -0.15) is 0 Å². The first-order valence-corrected chi connectivity index (χ1v) is 4.66. The van der Waals surface area contributed by atoms with Gasteiger partial charge in [0.05, 0.1) is 0 Å². The number of halogens is 2. The zero-order valence-corrected chi connectivity index (χ0v) is 8.91. The van der Waals surface area contributed by atoms with Crippen molar-refractivity contribution >= 4 is 28.4 Å². The molecule has 2 unspecified atom stereocenters. The van der Waals surface area contributed by atoms with Crippen molar-refractivity contribution in [3.05, 3.63) is 11.1 Å². The van der Waals surface area contributed by atoms with Crippen molar-refractivity contribution in [2.75, 3.05) is 0 Å². The molecule has 1 nitrogen and oxygen atoms in total. The Morgan fingerprint density at radius 3 is 2.17 bits per heavy atom. The lowest BCUT2D eigenvalue weighted by atomic mass is 10.1. The lowest BCUT2D eigenvalue weighted by Crippen LogP contribution is -1.96. The monoisotopic (exact) mass is 206 g/mol. The quantitative estimate of drug-likeness (QED) is 0.635. The summed E-state index contributed by atoms with van der Waals surface area (Å²) in [5.41, 5.74) is -0.00498. The molecule has 0 radical (unpaired) electrons. The Balaban J connectivity index is 2.73. The Bertz CT molecular complexity index is 239. The molecule has 1 saturated carbocycles. The highest BCUT2D eigenvalue weighted by Gasteiger charge is 2.59. The average Bonchev–Trinajstić information content (AvgIpc) is 2.32. The molecule has 0 saturated heterocycles. The Kier molecular flexibility index (Phi) is 2.55. The van der Waals surface area contributed by atoms with Crippen molar-refractivity contribution in [2.45, 2.75) is 20.8 Å². The molecule has 3 heteroatoms. The highest BCUT2D eigenvalue weighted by molar-refractivity contribution is 6.64. The van der Waals surface area contributed by atoms with Crippen molar-refractivity contribution in [3.63, 3.8) is 0 Å². The zero-order valence-electron chi connectivity index (χ0n) is 7.40. The molecule has 1 aliphatic carbocycles. The van der Waals surface area contributed by atoms with E-state index < -0.39 is 0 Å². The normalized spacial score (nSPS) is 33.2. The van der Waals surface area contributed by atoms with E-state index in [1.54, 1.807) is 0 Å². The largest absolute Gasteiger partial charge is 0.281 e. The Hall–Kier alpha value is -0.0100. The molecule has 0 N–H and O–H groups in total. The molecule has 2 atom stereocenters. The summed E-state index contributed by atoms with van der Waals surface area (Å²) in [5, 5.41) is 0.479. The molecule has 0 amide bonds. The summed E-state index contributed by atoms with van der Waals surface area (Å²) in [6.45, 7) is 5.86. The minimum Gasteiger partial charge on any atom is -0.281 e. The lowest BCUT2D eigenvalue weighted by molar-refractivity contribution is -0.113. The second-order valence-corrected chi connectivity index (χ2v) is 4.85. The number of hydrogen-bond acceptors (Lipinski definition) is 1. The number of hydrogen-bond donors (Lipinski definition) is 0. The molecule has 0 bridgehead atoms. The molecule has 1 aliphatic rings. The highest BCUT2D eigenvalue weighted by atomic mass is 35.5. The van der Waals surface area contributed by atoms with Gasteiger partial charge in [-0.05, 0) is 29.9 Å². The van der Waals surface area contributed by atoms with Gasteiger partial charge in [-0.3, -0.25) is 4.79 Å². The summed E-state index contributed by atoms with van der Waals surface area (Å²) < 4.78 is 0. The Labute approximate surface area is 82.7 Å². The van der Waals surface area contributed by atoms with Crippen molar-refractivity contribution in [3.8, 4) is 0 Å². The minimum atomic E-state index is -0.251. The SMILES string of the molecule is C/C(Cl)=C\C1C(C(=O)Cl)C1(C)C. The van der Waals surface area contributed by atoms with Crippen molar-refractivity contribution in [1.29, 1.82) is 0 Å². The third-order valence-electron chi connectivity index (χ3n) is 2.56. The van der Waals surface area contributed by atoms with E-state index in [0.717, 1.165) is 5.03 Å². The molecule has 0 aromatic heterocycles. The van der Waals surface area contributed by atoms with Crippen LogP contribution >= 0.6 is 23.2 Å². The van der Waals surface area contributed by atoms with Gasteiger partial charge in [-0.1, -0.05) is 31.5 Å². The number of rotatable bonds is 2. The van der Waals surface area contributed by atoms with Crippen LogP contribution in [0.2, 0.25) is 0 Å². The van der Waals surface area contributed by atoms with E-state index >= 15 is 0 Å². The molecule has 68 valence electrons. The molecule has 1 fully saturated rings. The van der Waals surface area contributed by atoms with Crippen LogP contribution in [-0.4, -0.2) is 5.24 Å². The molecule has 0 heterocycles. The van der Waals surface area contributed by atoms with E-state index in [9.17, 15) is 4.79 Å². The maximum absolute atomic E-state index is 10.9. The van der Waals surface area contributed by atoms with E-state index in [4.69, 9.17) is 23.2 Å². The van der Waals surface area contributed by atoms with Crippen molar-refractivity contribution in [1.82, 2.24) is 0 Å². The molecular formula is C9H12Cl2O. The van der Waals surface area contributed by atoms with Crippen molar-refractivity contribution < 1.29 is 4.79 Å². The van der Waals surface area contributed by atoms with Crippen LogP contribution in [0.3, 0.4) is 0 Å². The second kappa shape index (κ2) is 3.04. The minimum absolute atomic E-state index is 0.00498. The van der Waals surface area contributed by atoms with Crippen LogP contribution in [0.1, 0.15) is 20.8 Å². The maximum atomic E-state index is 10.9. The third-order valence-corrected chi connectivity index (χ3v) is 2.93. The predicted octanol–water partition coefficient (Wildman–Crippen LogP) is 3.17. The third kappa shape index (κ3) is 1.67. The van der Waals surface area contributed by atoms with Gasteiger partial charge in [0.15, 0.2) is 0 Å². The summed E-state index contributed by atoms with van der Waals surface area (Å²) in [7, 11) is 0. The molecule has 0 spiro atoms. The van der Waals surface area contributed by atoms with Crippen molar-refractivity contribution in [2.24, 2.45) is 17.3 Å². The standard InChI is InChI=1S/C9H12Cl2O/c1-5(10)4-6-7(8(11)12)9(6,2)3/h4,6-7H,1-3H3/b5-4+. The number of allylic oxidation sites excluding steroid dienone is 2. The maximum Gasteiger partial charge on any atom is 0.225 e. The Morgan fingerprint density at radius 1 is 1.42 bits per heavy atom. The van der Waals surface area contributed by atoms with Crippen LogP contribution in [0.5, 0.6) is 0 Å². The first kappa shape index (κ1) is 10.1. The predicted molar refractivity (Wildman–Crippen MR) is 51.2 cm³/mol. The van der Waals surface area contributed by atoms with Crippen LogP contribution in [0.4, 0.5) is 0 Å². The van der Waals surface area contributed by atoms with Gasteiger partial charge >= 0.3 is 0 Å². The summed E-state index contributed by atoms with van der Waals surface area (Å²) in [6, 6.07) is 0. The van der Waals surface area contributed by atoms with Crippen LogP contribution in [-0.2, 0) is 4.79 Å². The Morgan fingerprint density at radius 2 is 1.92 bits per heavy atom. The van der Waals surface area contributed by atoms with Gasteiger partial charge < -0.3 is 0 Å². The van der Waals surface area contributed by atoms with E-state index in [1.165, 1.54) is 0 Å². The summed E-state index contributed by atoms with van der Waals surface area (Å²) in [6.07, 6.45) is 1.91. The fourth-order valence-corrected chi connectivity index (χ4v) is 2.22. The van der Waals surface area contributed by atoms with Gasteiger partial charge in [0.1, 0.15) is 0 Å². The van der Waals surface area contributed by atoms with Gasteiger partial charge in [-0.15, -0.1) is 0 Å². The van der Waals surface area contributed by atoms with Gasteiger partial charge in [0, 0.05) is 11.0 Å². The summed E-state index contributed by atoms with van der Waals surface area (Å²) >= 11 is 11.1. The lowest BCUT2D eigenvalue weighted by Gasteiger charge is -1.96. The molecular weight excluding hydrogens is 195 g/mol. The molecule has 12 heavy (non-hydrogen) atoms. The van der Waals surface area contributed by atoms with E-state index in [1.807, 2.05) is 26.8 Å². The van der Waals surface area contributed by atoms with E-state index in [-0.39, 0.29) is 22.5 Å². The van der Waals surface area contributed by atoms with Crippen LogP contribution in [0.25, 0.3) is 0 Å². The average molecular weight is 207 g/mol. The molecule has 0 aromatic carbocycles. The van der Waals surface area contributed by atoms with Gasteiger partial charge in [-0.25, -0.2) is 0 Å². The first-order valence-electron chi connectivity index (χ1n) is 3.90. The molecule has 1 rings (SSSR count). The number of carbonyl (C=O) groups excluding carboxylic acids is 1. The smallest absolute Gasteiger partial charge is 0.225 e. The fraction of sp³-hybridized carbons (Fsp3) is 0.667. The molecule has 0 aromatic rings. The van der Waals surface area contributed by atoms with Crippen LogP contribution < -0.4 is 0 Å². The van der Waals surface area contributed by atoms with Gasteiger partial charge in [0.2, 0.25) is 5.24 Å². The summed E-state index contributed by atoms with van der Waals surface area (Å²) in [4.78, 5) is 10.9. The fourth-order valence-electron chi connectivity index (χ4n) is 1.67. The highest BCUT2D eigenvalue weighted by Crippen LogP contribution is 2.60. The first-order chi connectivity index (χ1) is 5.37. The second-order valence-electron chi connectivity index (χ2n) is 3.88. The van der Waals surface area contributed by atoms with E-state index in [0.29, 0.717) is 0 Å². The number of carbonyl (C=O) groups is 1. The summed E-state index contributed by atoms with van der Waals surface area (Å²) in [5.74, 6) is 0.174. The van der Waals surface area contributed by atoms with Gasteiger partial charge in [0.25, 0.3) is 0 Å². The molecule has 0 aliphatic heterocycles. The topological polar surface area (TPSA) is 17.1 Å². The zero-order chi connectivity index (χ0) is 9.52. The van der Waals surface area contributed by atoms with E-state index in [2.05, 4.69) is 0 Å². The van der Waals surface area contributed by atoms with Crippen LogP contribution in [0, 0.1) is 17.3 Å². The van der Waals surface area contributed by atoms with Crippen LogP contribution in [0.15, 0.2) is 11.1 Å².